The minimum absolute atomic E-state index is 0.0226. The van der Waals surface area contributed by atoms with Gasteiger partial charge in [0.15, 0.2) is 0 Å². The molecule has 0 amide bonds. The van der Waals surface area contributed by atoms with Crippen LogP contribution in [0.25, 0.3) is 0 Å². The highest BCUT2D eigenvalue weighted by Gasteiger charge is 2.34. The van der Waals surface area contributed by atoms with Crippen LogP contribution >= 0.6 is 22.6 Å². The normalized spacial score (nSPS) is 24.0. The standard InChI is InChI=1S/C14H18INO4S/c1-9-3-4-10(2)16(8-9)21(19,20)11-5-6-13(15)12(7-11)14(17)18/h5-7,9-10H,3-4,8H2,1-2H3,(H,17,18). The molecule has 0 aromatic heterocycles. The third-order valence-electron chi connectivity index (χ3n) is 3.84. The zero-order valence-corrected chi connectivity index (χ0v) is 14.9. The van der Waals surface area contributed by atoms with Crippen molar-refractivity contribution in [3.05, 3.63) is 27.3 Å². The summed E-state index contributed by atoms with van der Waals surface area (Å²) in [5, 5.41) is 9.15. The van der Waals surface area contributed by atoms with Gasteiger partial charge in [-0.3, -0.25) is 0 Å². The number of halogens is 1. The summed E-state index contributed by atoms with van der Waals surface area (Å²) in [6.07, 6.45) is 1.84. The lowest BCUT2D eigenvalue weighted by molar-refractivity contribution is 0.0695. The number of carboxylic acid groups (broad SMARTS) is 1. The summed E-state index contributed by atoms with van der Waals surface area (Å²) in [5.41, 5.74) is 0.0226. The van der Waals surface area contributed by atoms with Crippen LogP contribution < -0.4 is 0 Å². The smallest absolute Gasteiger partial charge is 0.336 e. The highest BCUT2D eigenvalue weighted by Crippen LogP contribution is 2.29. The summed E-state index contributed by atoms with van der Waals surface area (Å²) in [4.78, 5) is 11.2. The van der Waals surface area contributed by atoms with Crippen LogP contribution in [0.3, 0.4) is 0 Å². The van der Waals surface area contributed by atoms with Gasteiger partial charge in [-0.05, 0) is 66.5 Å². The second-order valence-electron chi connectivity index (χ2n) is 5.55. The number of aromatic carboxylic acids is 1. The first kappa shape index (κ1) is 16.7. The average Bonchev–Trinajstić information content (AvgIpc) is 2.41. The molecule has 1 heterocycles. The number of carbonyl (C=O) groups is 1. The number of piperidine rings is 1. The SMILES string of the molecule is CC1CCC(C)N(S(=O)(=O)c2ccc(I)c(C(=O)O)c2)C1. The van der Waals surface area contributed by atoms with Gasteiger partial charge in [0.2, 0.25) is 10.0 Å². The van der Waals surface area contributed by atoms with Crippen LogP contribution in [-0.2, 0) is 10.0 Å². The molecule has 2 atom stereocenters. The van der Waals surface area contributed by atoms with E-state index in [1.807, 2.05) is 36.4 Å². The van der Waals surface area contributed by atoms with Crippen LogP contribution in [0.2, 0.25) is 0 Å². The van der Waals surface area contributed by atoms with Gasteiger partial charge < -0.3 is 5.11 Å². The van der Waals surface area contributed by atoms with Gasteiger partial charge in [-0.2, -0.15) is 4.31 Å². The molecule has 2 rings (SSSR count). The fourth-order valence-electron chi connectivity index (χ4n) is 2.55. The summed E-state index contributed by atoms with van der Waals surface area (Å²) < 4.78 is 27.5. The number of benzene rings is 1. The van der Waals surface area contributed by atoms with E-state index in [4.69, 9.17) is 5.11 Å². The van der Waals surface area contributed by atoms with Crippen molar-refractivity contribution in [2.45, 2.75) is 37.6 Å². The Hall–Kier alpha value is -0.670. The van der Waals surface area contributed by atoms with Crippen molar-refractivity contribution in [1.82, 2.24) is 4.31 Å². The maximum atomic E-state index is 12.8. The summed E-state index contributed by atoms with van der Waals surface area (Å²) in [5.74, 6) is -0.796. The van der Waals surface area contributed by atoms with Gasteiger partial charge in [0.05, 0.1) is 10.5 Å². The molecule has 0 saturated carbocycles. The van der Waals surface area contributed by atoms with Crippen molar-refractivity contribution < 1.29 is 18.3 Å². The summed E-state index contributed by atoms with van der Waals surface area (Å²) in [6.45, 7) is 4.41. The van der Waals surface area contributed by atoms with Crippen molar-refractivity contribution in [3.8, 4) is 0 Å². The second-order valence-corrected chi connectivity index (χ2v) is 8.61. The maximum absolute atomic E-state index is 12.8. The van der Waals surface area contributed by atoms with Crippen LogP contribution in [0.15, 0.2) is 23.1 Å². The number of hydrogen-bond donors (Lipinski definition) is 1. The Bertz CT molecular complexity index is 659. The molecule has 1 aromatic carbocycles. The minimum Gasteiger partial charge on any atom is -0.478 e. The molecular formula is C14H18INO4S. The molecule has 0 radical (unpaired) electrons. The predicted molar refractivity (Wildman–Crippen MR) is 87.9 cm³/mol. The first-order valence-electron chi connectivity index (χ1n) is 6.78. The van der Waals surface area contributed by atoms with E-state index in [9.17, 15) is 13.2 Å². The Kier molecular flexibility index (Phi) is 4.94. The van der Waals surface area contributed by atoms with Gasteiger partial charge in [-0.15, -0.1) is 0 Å². The molecule has 1 fully saturated rings. The van der Waals surface area contributed by atoms with E-state index in [2.05, 4.69) is 0 Å². The molecule has 1 saturated heterocycles. The van der Waals surface area contributed by atoms with Crippen LogP contribution in [0, 0.1) is 9.49 Å². The van der Waals surface area contributed by atoms with Gasteiger partial charge in [-0.25, -0.2) is 13.2 Å². The molecule has 116 valence electrons. The molecule has 2 unspecified atom stereocenters. The molecule has 1 aromatic rings. The summed E-state index contributed by atoms with van der Waals surface area (Å²) >= 11 is 1.89. The number of carboxylic acids is 1. The Balaban J connectivity index is 2.44. The van der Waals surface area contributed by atoms with Gasteiger partial charge in [0.1, 0.15) is 0 Å². The van der Waals surface area contributed by atoms with Gasteiger partial charge in [0.25, 0.3) is 0 Å². The van der Waals surface area contributed by atoms with Gasteiger partial charge in [-0.1, -0.05) is 6.92 Å². The molecule has 1 N–H and O–H groups in total. The fourth-order valence-corrected chi connectivity index (χ4v) is 4.92. The van der Waals surface area contributed by atoms with E-state index in [-0.39, 0.29) is 16.5 Å². The predicted octanol–water partition coefficient (Wildman–Crippen LogP) is 2.80. The second kappa shape index (κ2) is 6.21. The molecule has 1 aliphatic heterocycles. The Morgan fingerprint density at radius 1 is 1.33 bits per heavy atom. The quantitative estimate of drug-likeness (QED) is 0.759. The van der Waals surface area contributed by atoms with E-state index >= 15 is 0 Å². The molecule has 0 spiro atoms. The first-order chi connectivity index (χ1) is 9.73. The van der Waals surface area contributed by atoms with E-state index < -0.39 is 16.0 Å². The molecule has 5 nitrogen and oxygen atoms in total. The van der Waals surface area contributed by atoms with Crippen LogP contribution in [0.1, 0.15) is 37.0 Å². The van der Waals surface area contributed by atoms with E-state index in [0.717, 1.165) is 12.8 Å². The monoisotopic (exact) mass is 423 g/mol. The number of sulfonamides is 1. The molecule has 7 heteroatoms. The zero-order chi connectivity index (χ0) is 15.8. The van der Waals surface area contributed by atoms with E-state index in [0.29, 0.717) is 16.0 Å². The molecule has 21 heavy (non-hydrogen) atoms. The molecule has 1 aliphatic rings. The van der Waals surface area contributed by atoms with E-state index in [1.165, 1.54) is 22.5 Å². The third kappa shape index (κ3) is 3.40. The summed E-state index contributed by atoms with van der Waals surface area (Å²) in [7, 11) is -3.65. The Labute approximate surface area is 138 Å². The minimum atomic E-state index is -3.65. The van der Waals surface area contributed by atoms with Crippen molar-refractivity contribution in [2.24, 2.45) is 5.92 Å². The Morgan fingerprint density at radius 2 is 2.00 bits per heavy atom. The van der Waals surface area contributed by atoms with Crippen molar-refractivity contribution in [2.75, 3.05) is 6.54 Å². The van der Waals surface area contributed by atoms with Crippen molar-refractivity contribution in [3.63, 3.8) is 0 Å². The lowest BCUT2D eigenvalue weighted by atomic mass is 9.97. The van der Waals surface area contributed by atoms with Crippen LogP contribution in [-0.4, -0.2) is 36.4 Å². The van der Waals surface area contributed by atoms with E-state index in [1.54, 1.807) is 0 Å². The largest absolute Gasteiger partial charge is 0.478 e. The highest BCUT2D eigenvalue weighted by molar-refractivity contribution is 14.1. The number of nitrogens with zero attached hydrogens (tertiary/aromatic N) is 1. The fraction of sp³-hybridized carbons (Fsp3) is 0.500. The van der Waals surface area contributed by atoms with Crippen molar-refractivity contribution in [1.29, 1.82) is 0 Å². The first-order valence-corrected chi connectivity index (χ1v) is 9.30. The van der Waals surface area contributed by atoms with Crippen LogP contribution in [0.4, 0.5) is 0 Å². The zero-order valence-electron chi connectivity index (χ0n) is 11.9. The summed E-state index contributed by atoms with van der Waals surface area (Å²) in [6, 6.07) is 4.22. The lowest BCUT2D eigenvalue weighted by Crippen LogP contribution is -2.44. The van der Waals surface area contributed by atoms with Gasteiger partial charge >= 0.3 is 5.97 Å². The Morgan fingerprint density at radius 3 is 2.62 bits per heavy atom. The molecular weight excluding hydrogens is 405 g/mol. The topological polar surface area (TPSA) is 74.7 Å². The average molecular weight is 423 g/mol. The van der Waals surface area contributed by atoms with Gasteiger partial charge in [0, 0.05) is 16.2 Å². The number of rotatable bonds is 3. The van der Waals surface area contributed by atoms with Crippen LogP contribution in [0.5, 0.6) is 0 Å². The molecule has 0 aliphatic carbocycles. The molecule has 0 bridgehead atoms. The highest BCUT2D eigenvalue weighted by atomic mass is 127. The van der Waals surface area contributed by atoms with Crippen molar-refractivity contribution >= 4 is 38.6 Å². The lowest BCUT2D eigenvalue weighted by Gasteiger charge is -2.35. The number of hydrogen-bond acceptors (Lipinski definition) is 3. The third-order valence-corrected chi connectivity index (χ3v) is 6.75. The maximum Gasteiger partial charge on any atom is 0.336 e.